The molecule has 0 spiro atoms. The van der Waals surface area contributed by atoms with Crippen molar-refractivity contribution in [1.29, 1.82) is 0 Å². The summed E-state index contributed by atoms with van der Waals surface area (Å²) in [5.74, 6) is -1.36. The van der Waals surface area contributed by atoms with E-state index in [1.54, 1.807) is 6.92 Å². The summed E-state index contributed by atoms with van der Waals surface area (Å²) in [5.41, 5.74) is -0.264. The molecule has 0 saturated carbocycles. The molecule has 8 heteroatoms. The Balaban J connectivity index is 2.30. The van der Waals surface area contributed by atoms with Crippen LogP contribution >= 0.6 is 0 Å². The maximum atomic E-state index is 13.9. The maximum absolute atomic E-state index is 13.9. The molecule has 1 N–H and O–H groups in total. The van der Waals surface area contributed by atoms with Gasteiger partial charge >= 0.3 is 0 Å². The van der Waals surface area contributed by atoms with Gasteiger partial charge in [0.15, 0.2) is 0 Å². The molecule has 6 nitrogen and oxygen atoms in total. The van der Waals surface area contributed by atoms with Gasteiger partial charge in [-0.05, 0) is 31.5 Å². The van der Waals surface area contributed by atoms with Gasteiger partial charge in [-0.15, -0.1) is 0 Å². The second-order valence-corrected chi connectivity index (χ2v) is 7.38. The number of sulfonamides is 1. The summed E-state index contributed by atoms with van der Waals surface area (Å²) >= 11 is 0. The van der Waals surface area contributed by atoms with Crippen molar-refractivity contribution in [2.24, 2.45) is 0 Å². The van der Waals surface area contributed by atoms with Crippen LogP contribution in [-0.4, -0.2) is 51.0 Å². The highest BCUT2D eigenvalue weighted by Gasteiger charge is 2.28. The molecular weight excluding hydrogens is 323 g/mol. The lowest BCUT2D eigenvalue weighted by molar-refractivity contribution is 0.0730. The summed E-state index contributed by atoms with van der Waals surface area (Å²) < 4.78 is 45.5. The number of benzene rings is 1. The Morgan fingerprint density at radius 1 is 1.39 bits per heavy atom. The van der Waals surface area contributed by atoms with Crippen LogP contribution in [0.15, 0.2) is 23.1 Å². The average molecular weight is 344 g/mol. The molecule has 1 unspecified atom stereocenters. The van der Waals surface area contributed by atoms with Gasteiger partial charge < -0.3 is 10.1 Å². The molecule has 1 atom stereocenters. The number of carbonyl (C=O) groups excluding carboxylic acids is 1. The molecular formula is C15H21FN2O4S. The van der Waals surface area contributed by atoms with Gasteiger partial charge in [-0.1, -0.05) is 6.92 Å². The highest BCUT2D eigenvalue weighted by molar-refractivity contribution is 7.89. The lowest BCUT2D eigenvalue weighted by Gasteiger charge is -2.26. The van der Waals surface area contributed by atoms with E-state index in [4.69, 9.17) is 4.74 Å². The summed E-state index contributed by atoms with van der Waals surface area (Å²) in [7, 11) is -3.76. The number of nitrogens with zero attached hydrogens (tertiary/aromatic N) is 1. The number of ether oxygens (including phenoxy) is 1. The van der Waals surface area contributed by atoms with Gasteiger partial charge in [0.1, 0.15) is 5.82 Å². The number of amides is 1. The molecule has 23 heavy (non-hydrogen) atoms. The summed E-state index contributed by atoms with van der Waals surface area (Å²) in [6, 6.07) is 3.16. The van der Waals surface area contributed by atoms with E-state index in [9.17, 15) is 17.6 Å². The smallest absolute Gasteiger partial charge is 0.254 e. The van der Waals surface area contributed by atoms with Gasteiger partial charge in [0.05, 0.1) is 23.7 Å². The van der Waals surface area contributed by atoms with Gasteiger partial charge in [0, 0.05) is 19.1 Å². The molecule has 1 aliphatic heterocycles. The van der Waals surface area contributed by atoms with Crippen LogP contribution < -0.4 is 5.32 Å². The van der Waals surface area contributed by atoms with Crippen LogP contribution in [0.1, 0.15) is 30.6 Å². The van der Waals surface area contributed by atoms with Crippen LogP contribution in [-0.2, 0) is 14.8 Å². The molecule has 1 aromatic rings. The number of carbonyl (C=O) groups is 1. The second-order valence-electron chi connectivity index (χ2n) is 5.44. The first kappa shape index (κ1) is 17.8. The van der Waals surface area contributed by atoms with Gasteiger partial charge in [-0.25, -0.2) is 12.8 Å². The topological polar surface area (TPSA) is 75.7 Å². The van der Waals surface area contributed by atoms with E-state index < -0.39 is 21.7 Å². The summed E-state index contributed by atoms with van der Waals surface area (Å²) in [6.45, 7) is 4.82. The van der Waals surface area contributed by atoms with Crippen molar-refractivity contribution in [3.05, 3.63) is 29.6 Å². The van der Waals surface area contributed by atoms with E-state index in [-0.39, 0.29) is 29.6 Å². The van der Waals surface area contributed by atoms with E-state index in [0.29, 0.717) is 19.6 Å². The SMILES string of the molecule is CCC(C)NC(=O)c1cc(S(=O)(=O)N2CCOCC2)ccc1F. The third kappa shape index (κ3) is 4.07. The first-order valence-electron chi connectivity index (χ1n) is 7.54. The van der Waals surface area contributed by atoms with E-state index in [1.165, 1.54) is 10.4 Å². The van der Waals surface area contributed by atoms with Crippen molar-refractivity contribution in [3.63, 3.8) is 0 Å². The lowest BCUT2D eigenvalue weighted by atomic mass is 10.1. The number of hydrogen-bond donors (Lipinski definition) is 1. The number of rotatable bonds is 5. The molecule has 128 valence electrons. The molecule has 1 fully saturated rings. The van der Waals surface area contributed by atoms with E-state index in [1.807, 2.05) is 6.92 Å². The minimum Gasteiger partial charge on any atom is -0.379 e. The zero-order valence-corrected chi connectivity index (χ0v) is 14.0. The van der Waals surface area contributed by atoms with Crippen molar-refractivity contribution >= 4 is 15.9 Å². The Bertz CT molecular complexity index is 672. The first-order valence-corrected chi connectivity index (χ1v) is 8.98. The number of halogens is 1. The molecule has 1 amide bonds. The predicted octanol–water partition coefficient (Wildman–Crippen LogP) is 1.37. The highest BCUT2D eigenvalue weighted by atomic mass is 32.2. The Kier molecular flexibility index (Phi) is 5.72. The zero-order valence-electron chi connectivity index (χ0n) is 13.2. The van der Waals surface area contributed by atoms with Gasteiger partial charge in [-0.2, -0.15) is 4.31 Å². The van der Waals surface area contributed by atoms with Crippen LogP contribution in [0.4, 0.5) is 4.39 Å². The zero-order chi connectivity index (χ0) is 17.0. The van der Waals surface area contributed by atoms with Crippen LogP contribution in [0.5, 0.6) is 0 Å². The molecule has 1 aliphatic rings. The van der Waals surface area contributed by atoms with Crippen LogP contribution in [0.2, 0.25) is 0 Å². The second kappa shape index (κ2) is 7.37. The van der Waals surface area contributed by atoms with Crippen LogP contribution in [0, 0.1) is 5.82 Å². The Labute approximate surface area is 135 Å². The minimum atomic E-state index is -3.76. The summed E-state index contributed by atoms with van der Waals surface area (Å²) in [5, 5.41) is 2.64. The Hall–Kier alpha value is -1.51. The number of nitrogens with one attached hydrogen (secondary N) is 1. The van der Waals surface area contributed by atoms with Crippen molar-refractivity contribution in [2.45, 2.75) is 31.2 Å². The van der Waals surface area contributed by atoms with E-state index in [2.05, 4.69) is 5.32 Å². The van der Waals surface area contributed by atoms with Gasteiger partial charge in [0.2, 0.25) is 10.0 Å². The van der Waals surface area contributed by atoms with Crippen molar-refractivity contribution in [3.8, 4) is 0 Å². The normalized spacial score (nSPS) is 17.7. The molecule has 1 aromatic carbocycles. The minimum absolute atomic E-state index is 0.0879. The average Bonchev–Trinajstić information content (AvgIpc) is 2.55. The molecule has 0 aromatic heterocycles. The summed E-state index contributed by atoms with van der Waals surface area (Å²) in [6.07, 6.45) is 0.694. The third-order valence-corrected chi connectivity index (χ3v) is 5.67. The molecule has 1 saturated heterocycles. The van der Waals surface area contributed by atoms with Crippen molar-refractivity contribution < 1.29 is 22.3 Å². The van der Waals surface area contributed by atoms with Crippen LogP contribution in [0.3, 0.4) is 0 Å². The quantitative estimate of drug-likeness (QED) is 0.875. The Morgan fingerprint density at radius 2 is 2.04 bits per heavy atom. The van der Waals surface area contributed by atoms with Gasteiger partial charge in [-0.3, -0.25) is 4.79 Å². The molecule has 0 bridgehead atoms. The number of hydrogen-bond acceptors (Lipinski definition) is 4. The molecule has 0 aliphatic carbocycles. The fourth-order valence-corrected chi connectivity index (χ4v) is 3.61. The number of morpholine rings is 1. The Morgan fingerprint density at radius 3 is 2.65 bits per heavy atom. The van der Waals surface area contributed by atoms with Crippen molar-refractivity contribution in [2.75, 3.05) is 26.3 Å². The fourth-order valence-electron chi connectivity index (χ4n) is 2.18. The first-order chi connectivity index (χ1) is 10.9. The van der Waals surface area contributed by atoms with E-state index >= 15 is 0 Å². The monoisotopic (exact) mass is 344 g/mol. The molecule has 0 radical (unpaired) electrons. The summed E-state index contributed by atoms with van der Waals surface area (Å²) in [4.78, 5) is 12.0. The van der Waals surface area contributed by atoms with E-state index in [0.717, 1.165) is 12.1 Å². The van der Waals surface area contributed by atoms with Crippen molar-refractivity contribution in [1.82, 2.24) is 9.62 Å². The standard InChI is InChI=1S/C15H21FN2O4S/c1-3-11(2)17-15(19)13-10-12(4-5-14(13)16)23(20,21)18-6-8-22-9-7-18/h4-5,10-11H,3,6-9H2,1-2H3,(H,17,19). The largest absolute Gasteiger partial charge is 0.379 e. The molecule has 1 heterocycles. The van der Waals surface area contributed by atoms with Crippen LogP contribution in [0.25, 0.3) is 0 Å². The lowest BCUT2D eigenvalue weighted by Crippen LogP contribution is -2.40. The maximum Gasteiger partial charge on any atom is 0.254 e. The highest BCUT2D eigenvalue weighted by Crippen LogP contribution is 2.20. The predicted molar refractivity (Wildman–Crippen MR) is 83.2 cm³/mol. The fraction of sp³-hybridized carbons (Fsp3) is 0.533. The third-order valence-electron chi connectivity index (χ3n) is 3.78. The van der Waals surface area contributed by atoms with Gasteiger partial charge in [0.25, 0.3) is 5.91 Å². The molecule has 2 rings (SSSR count).